The molecule has 1 aromatic carbocycles. The summed E-state index contributed by atoms with van der Waals surface area (Å²) in [5.41, 5.74) is 1.96. The van der Waals surface area contributed by atoms with E-state index in [1.807, 2.05) is 31.2 Å². The molecule has 0 bridgehead atoms. The van der Waals surface area contributed by atoms with Crippen molar-refractivity contribution >= 4 is 33.5 Å². The highest BCUT2D eigenvalue weighted by molar-refractivity contribution is 9.10. The summed E-state index contributed by atoms with van der Waals surface area (Å²) in [6.07, 6.45) is 3.55. The maximum Gasteiger partial charge on any atom is 0.274 e. The van der Waals surface area contributed by atoms with Crippen molar-refractivity contribution in [2.45, 2.75) is 26.2 Å². The number of halogens is 1. The standard InChI is InChI=1S/C17H19BrN4O/c1-12-11-15(16(23)20-14-7-5-13(18)6-8-14)21-17(19-12)22-9-3-2-4-10-22/h5-8,11H,2-4,9-10H2,1H3,(H,20,23). The number of benzene rings is 1. The Morgan fingerprint density at radius 2 is 1.83 bits per heavy atom. The minimum Gasteiger partial charge on any atom is -0.341 e. The number of amides is 1. The van der Waals surface area contributed by atoms with Gasteiger partial charge >= 0.3 is 0 Å². The first kappa shape index (κ1) is 15.9. The number of rotatable bonds is 3. The van der Waals surface area contributed by atoms with E-state index in [9.17, 15) is 4.79 Å². The Labute approximate surface area is 144 Å². The summed E-state index contributed by atoms with van der Waals surface area (Å²) in [7, 11) is 0. The lowest BCUT2D eigenvalue weighted by molar-refractivity contribution is 0.102. The van der Waals surface area contributed by atoms with Gasteiger partial charge in [-0.1, -0.05) is 15.9 Å². The van der Waals surface area contributed by atoms with E-state index < -0.39 is 0 Å². The molecule has 1 aliphatic heterocycles. The van der Waals surface area contributed by atoms with E-state index in [1.54, 1.807) is 6.07 Å². The van der Waals surface area contributed by atoms with Crippen LogP contribution in [-0.4, -0.2) is 29.0 Å². The molecule has 6 heteroatoms. The average Bonchev–Trinajstić information content (AvgIpc) is 2.57. The molecule has 0 atom stereocenters. The van der Waals surface area contributed by atoms with Gasteiger partial charge in [0.05, 0.1) is 0 Å². The second-order valence-electron chi connectivity index (χ2n) is 5.70. The van der Waals surface area contributed by atoms with Gasteiger partial charge in [-0.05, 0) is 56.5 Å². The highest BCUT2D eigenvalue weighted by Crippen LogP contribution is 2.18. The van der Waals surface area contributed by atoms with E-state index in [-0.39, 0.29) is 5.91 Å². The van der Waals surface area contributed by atoms with Crippen LogP contribution in [0, 0.1) is 6.92 Å². The quantitative estimate of drug-likeness (QED) is 0.887. The Morgan fingerprint density at radius 1 is 1.13 bits per heavy atom. The molecule has 2 heterocycles. The summed E-state index contributed by atoms with van der Waals surface area (Å²) >= 11 is 3.38. The van der Waals surface area contributed by atoms with Crippen LogP contribution in [0.3, 0.4) is 0 Å². The number of piperidine rings is 1. The minimum atomic E-state index is -0.212. The Bertz CT molecular complexity index is 696. The molecule has 0 unspecified atom stereocenters. The van der Waals surface area contributed by atoms with Crippen molar-refractivity contribution in [3.8, 4) is 0 Å². The summed E-state index contributed by atoms with van der Waals surface area (Å²) in [4.78, 5) is 23.6. The topological polar surface area (TPSA) is 58.1 Å². The van der Waals surface area contributed by atoms with Gasteiger partial charge in [0.25, 0.3) is 5.91 Å². The molecule has 0 spiro atoms. The number of nitrogens with zero attached hydrogens (tertiary/aromatic N) is 3. The van der Waals surface area contributed by atoms with Gasteiger partial charge < -0.3 is 10.2 Å². The summed E-state index contributed by atoms with van der Waals surface area (Å²) in [5.74, 6) is 0.446. The first-order chi connectivity index (χ1) is 11.1. The van der Waals surface area contributed by atoms with E-state index in [1.165, 1.54) is 6.42 Å². The van der Waals surface area contributed by atoms with Gasteiger partial charge in [-0.15, -0.1) is 0 Å². The fourth-order valence-electron chi connectivity index (χ4n) is 2.63. The third kappa shape index (κ3) is 4.07. The Balaban J connectivity index is 1.79. The molecule has 1 aliphatic rings. The summed E-state index contributed by atoms with van der Waals surface area (Å²) < 4.78 is 0.973. The zero-order valence-electron chi connectivity index (χ0n) is 13.1. The molecule has 0 radical (unpaired) electrons. The van der Waals surface area contributed by atoms with E-state index in [4.69, 9.17) is 0 Å². The van der Waals surface area contributed by atoms with Gasteiger partial charge in [-0.2, -0.15) is 0 Å². The van der Waals surface area contributed by atoms with Gasteiger partial charge in [-0.25, -0.2) is 9.97 Å². The largest absolute Gasteiger partial charge is 0.341 e. The lowest BCUT2D eigenvalue weighted by Crippen LogP contribution is -2.31. The van der Waals surface area contributed by atoms with Crippen LogP contribution in [0.15, 0.2) is 34.8 Å². The fourth-order valence-corrected chi connectivity index (χ4v) is 2.90. The zero-order chi connectivity index (χ0) is 16.2. The number of aromatic nitrogens is 2. The first-order valence-electron chi connectivity index (χ1n) is 7.79. The number of hydrogen-bond acceptors (Lipinski definition) is 4. The molecule has 0 saturated carbocycles. The second kappa shape index (κ2) is 7.08. The smallest absolute Gasteiger partial charge is 0.274 e. The number of carbonyl (C=O) groups excluding carboxylic acids is 1. The maximum atomic E-state index is 12.5. The maximum absolute atomic E-state index is 12.5. The third-order valence-electron chi connectivity index (χ3n) is 3.82. The van der Waals surface area contributed by atoms with Gasteiger partial charge in [0.1, 0.15) is 5.69 Å². The number of carbonyl (C=O) groups is 1. The highest BCUT2D eigenvalue weighted by atomic mass is 79.9. The van der Waals surface area contributed by atoms with Crippen molar-refractivity contribution in [3.05, 3.63) is 46.2 Å². The second-order valence-corrected chi connectivity index (χ2v) is 6.62. The molecule has 2 aromatic rings. The lowest BCUT2D eigenvalue weighted by atomic mass is 10.1. The summed E-state index contributed by atoms with van der Waals surface area (Å²) in [6, 6.07) is 9.20. The molecule has 1 N–H and O–H groups in total. The van der Waals surface area contributed by atoms with Crippen LogP contribution < -0.4 is 10.2 Å². The van der Waals surface area contributed by atoms with Crippen LogP contribution in [0.25, 0.3) is 0 Å². The molecular weight excluding hydrogens is 356 g/mol. The predicted octanol–water partition coefficient (Wildman–Crippen LogP) is 3.79. The summed E-state index contributed by atoms with van der Waals surface area (Å²) in [5, 5.41) is 2.87. The minimum absolute atomic E-state index is 0.212. The van der Waals surface area contributed by atoms with E-state index in [0.717, 1.165) is 41.8 Å². The van der Waals surface area contributed by atoms with Crippen LogP contribution in [0.4, 0.5) is 11.6 Å². The molecule has 1 aromatic heterocycles. The Morgan fingerprint density at radius 3 is 2.52 bits per heavy atom. The molecule has 3 rings (SSSR count). The van der Waals surface area contributed by atoms with Gasteiger partial charge in [0.15, 0.2) is 0 Å². The fraction of sp³-hybridized carbons (Fsp3) is 0.353. The predicted molar refractivity (Wildman–Crippen MR) is 94.9 cm³/mol. The van der Waals surface area contributed by atoms with Crippen LogP contribution >= 0.6 is 15.9 Å². The van der Waals surface area contributed by atoms with Crippen molar-refractivity contribution in [1.29, 1.82) is 0 Å². The first-order valence-corrected chi connectivity index (χ1v) is 8.59. The van der Waals surface area contributed by atoms with Crippen LogP contribution in [-0.2, 0) is 0 Å². The molecule has 23 heavy (non-hydrogen) atoms. The normalized spacial score (nSPS) is 14.6. The number of aryl methyl sites for hydroxylation is 1. The molecule has 1 saturated heterocycles. The third-order valence-corrected chi connectivity index (χ3v) is 4.34. The Kier molecular flexibility index (Phi) is 4.91. The van der Waals surface area contributed by atoms with Crippen molar-refractivity contribution in [2.75, 3.05) is 23.3 Å². The van der Waals surface area contributed by atoms with Gasteiger partial charge in [0.2, 0.25) is 5.95 Å². The van der Waals surface area contributed by atoms with Crippen LogP contribution in [0.1, 0.15) is 35.4 Å². The number of nitrogens with one attached hydrogen (secondary N) is 1. The van der Waals surface area contributed by atoms with E-state index in [2.05, 4.69) is 36.1 Å². The van der Waals surface area contributed by atoms with Crippen LogP contribution in [0.2, 0.25) is 0 Å². The van der Waals surface area contributed by atoms with Gasteiger partial charge in [0, 0.05) is 28.9 Å². The van der Waals surface area contributed by atoms with Crippen molar-refractivity contribution in [3.63, 3.8) is 0 Å². The lowest BCUT2D eigenvalue weighted by Gasteiger charge is -2.27. The van der Waals surface area contributed by atoms with Crippen molar-refractivity contribution in [2.24, 2.45) is 0 Å². The number of hydrogen-bond donors (Lipinski definition) is 1. The average molecular weight is 375 g/mol. The number of anilines is 2. The van der Waals surface area contributed by atoms with E-state index >= 15 is 0 Å². The zero-order valence-corrected chi connectivity index (χ0v) is 14.6. The SMILES string of the molecule is Cc1cc(C(=O)Nc2ccc(Br)cc2)nc(N2CCCCC2)n1. The molecular formula is C17H19BrN4O. The monoisotopic (exact) mass is 374 g/mol. The van der Waals surface area contributed by atoms with Crippen molar-refractivity contribution in [1.82, 2.24) is 9.97 Å². The summed E-state index contributed by atoms with van der Waals surface area (Å²) in [6.45, 7) is 3.81. The molecule has 1 amide bonds. The van der Waals surface area contributed by atoms with Gasteiger partial charge in [-0.3, -0.25) is 4.79 Å². The highest BCUT2D eigenvalue weighted by Gasteiger charge is 2.17. The van der Waals surface area contributed by atoms with Crippen molar-refractivity contribution < 1.29 is 4.79 Å². The molecule has 5 nitrogen and oxygen atoms in total. The molecule has 120 valence electrons. The molecule has 1 fully saturated rings. The Hall–Kier alpha value is -1.95. The molecule has 0 aliphatic carbocycles. The van der Waals surface area contributed by atoms with Crippen LogP contribution in [0.5, 0.6) is 0 Å². The van der Waals surface area contributed by atoms with E-state index in [0.29, 0.717) is 11.6 Å².